The third-order valence-electron chi connectivity index (χ3n) is 3.20. The number of nitrogens with zero attached hydrogens (tertiary/aromatic N) is 2. The average molecular weight is 249 g/mol. The molecule has 1 atom stereocenters. The molecule has 0 amide bonds. The summed E-state index contributed by atoms with van der Waals surface area (Å²) in [6.45, 7) is 7.50. The van der Waals surface area contributed by atoms with Gasteiger partial charge < -0.3 is 15.5 Å². The van der Waals surface area contributed by atoms with Gasteiger partial charge >= 0.3 is 0 Å². The molecule has 0 bridgehead atoms. The molecule has 18 heavy (non-hydrogen) atoms. The number of rotatable bonds is 7. The maximum absolute atomic E-state index is 5.87. The molecular formula is C15H27N3. The van der Waals surface area contributed by atoms with E-state index in [-0.39, 0.29) is 6.04 Å². The van der Waals surface area contributed by atoms with Gasteiger partial charge in [-0.25, -0.2) is 0 Å². The van der Waals surface area contributed by atoms with E-state index >= 15 is 0 Å². The Labute approximate surface area is 112 Å². The third kappa shape index (κ3) is 4.67. The van der Waals surface area contributed by atoms with Crippen LogP contribution in [0, 0.1) is 0 Å². The van der Waals surface area contributed by atoms with E-state index in [1.54, 1.807) is 0 Å². The maximum Gasteiger partial charge on any atom is 0.0366 e. The first-order valence-electron chi connectivity index (χ1n) is 6.79. The summed E-state index contributed by atoms with van der Waals surface area (Å²) < 4.78 is 0. The molecule has 2 N–H and O–H groups in total. The van der Waals surface area contributed by atoms with Crippen LogP contribution in [0.25, 0.3) is 0 Å². The molecule has 0 aliphatic heterocycles. The molecule has 0 aliphatic carbocycles. The van der Waals surface area contributed by atoms with Crippen molar-refractivity contribution in [1.29, 1.82) is 0 Å². The van der Waals surface area contributed by atoms with Crippen LogP contribution in [0.5, 0.6) is 0 Å². The minimum atomic E-state index is 0.114. The van der Waals surface area contributed by atoms with Crippen LogP contribution < -0.4 is 10.6 Å². The lowest BCUT2D eigenvalue weighted by Gasteiger charge is -2.24. The van der Waals surface area contributed by atoms with Crippen LogP contribution in [0.4, 0.5) is 5.69 Å². The standard InChI is InChI=1S/C15H27N3/c1-5-18(12-6-11-17(3)4)15-9-7-14(8-10-15)13(2)16/h7-10,13H,5-6,11-12,16H2,1-4H3/t13-/m0/s1. The van der Waals surface area contributed by atoms with Gasteiger partial charge in [-0.05, 0) is 58.6 Å². The highest BCUT2D eigenvalue weighted by molar-refractivity contribution is 5.47. The SMILES string of the molecule is CCN(CCCN(C)C)c1ccc([C@H](C)N)cc1. The molecule has 3 heteroatoms. The van der Waals surface area contributed by atoms with Gasteiger partial charge in [-0.2, -0.15) is 0 Å². The van der Waals surface area contributed by atoms with Gasteiger partial charge in [0.05, 0.1) is 0 Å². The second kappa shape index (κ2) is 7.39. The molecule has 0 aliphatic rings. The van der Waals surface area contributed by atoms with E-state index < -0.39 is 0 Å². The first-order valence-corrected chi connectivity index (χ1v) is 6.79. The summed E-state index contributed by atoms with van der Waals surface area (Å²) in [6, 6.07) is 8.74. The van der Waals surface area contributed by atoms with Gasteiger partial charge in [-0.3, -0.25) is 0 Å². The fourth-order valence-electron chi connectivity index (χ4n) is 2.04. The van der Waals surface area contributed by atoms with Crippen molar-refractivity contribution in [1.82, 2.24) is 4.90 Å². The van der Waals surface area contributed by atoms with E-state index in [2.05, 4.69) is 55.1 Å². The lowest BCUT2D eigenvalue weighted by atomic mass is 10.1. The molecule has 0 radical (unpaired) electrons. The van der Waals surface area contributed by atoms with E-state index in [0.29, 0.717) is 0 Å². The lowest BCUT2D eigenvalue weighted by Crippen LogP contribution is -2.27. The first kappa shape index (κ1) is 15.0. The second-order valence-corrected chi connectivity index (χ2v) is 5.12. The Morgan fingerprint density at radius 3 is 2.17 bits per heavy atom. The van der Waals surface area contributed by atoms with Crippen molar-refractivity contribution in [3.8, 4) is 0 Å². The Morgan fingerprint density at radius 1 is 1.11 bits per heavy atom. The number of hydrogen-bond donors (Lipinski definition) is 1. The van der Waals surface area contributed by atoms with Crippen LogP contribution >= 0.6 is 0 Å². The normalized spacial score (nSPS) is 12.8. The Bertz CT molecular complexity index is 330. The molecule has 1 aromatic carbocycles. The first-order chi connectivity index (χ1) is 8.54. The molecule has 102 valence electrons. The number of hydrogen-bond acceptors (Lipinski definition) is 3. The molecule has 1 rings (SSSR count). The van der Waals surface area contributed by atoms with Gasteiger partial charge in [0.25, 0.3) is 0 Å². The Morgan fingerprint density at radius 2 is 1.72 bits per heavy atom. The van der Waals surface area contributed by atoms with Crippen molar-refractivity contribution in [2.75, 3.05) is 38.6 Å². The summed E-state index contributed by atoms with van der Waals surface area (Å²) in [5.41, 5.74) is 8.36. The predicted octanol–water partition coefficient (Wildman–Crippen LogP) is 2.48. The highest BCUT2D eigenvalue weighted by atomic mass is 15.1. The Kier molecular flexibility index (Phi) is 6.16. The van der Waals surface area contributed by atoms with Gasteiger partial charge in [0.15, 0.2) is 0 Å². The van der Waals surface area contributed by atoms with Crippen LogP contribution in [0.2, 0.25) is 0 Å². The minimum Gasteiger partial charge on any atom is -0.372 e. The molecule has 0 unspecified atom stereocenters. The zero-order valence-corrected chi connectivity index (χ0v) is 12.2. The zero-order chi connectivity index (χ0) is 13.5. The van der Waals surface area contributed by atoms with Crippen molar-refractivity contribution in [3.05, 3.63) is 29.8 Å². The number of anilines is 1. The van der Waals surface area contributed by atoms with E-state index in [4.69, 9.17) is 5.73 Å². The fraction of sp³-hybridized carbons (Fsp3) is 0.600. The summed E-state index contributed by atoms with van der Waals surface area (Å²) in [4.78, 5) is 4.64. The van der Waals surface area contributed by atoms with Gasteiger partial charge in [0.1, 0.15) is 0 Å². The smallest absolute Gasteiger partial charge is 0.0366 e. The Hall–Kier alpha value is -1.06. The highest BCUT2D eigenvalue weighted by Crippen LogP contribution is 2.18. The van der Waals surface area contributed by atoms with Crippen LogP contribution in [0.15, 0.2) is 24.3 Å². The van der Waals surface area contributed by atoms with E-state index in [0.717, 1.165) is 19.6 Å². The molecule has 0 aromatic heterocycles. The quantitative estimate of drug-likeness (QED) is 0.806. The van der Waals surface area contributed by atoms with Gasteiger partial charge in [0.2, 0.25) is 0 Å². The summed E-state index contributed by atoms with van der Waals surface area (Å²) in [6.07, 6.45) is 1.19. The largest absolute Gasteiger partial charge is 0.372 e. The number of benzene rings is 1. The zero-order valence-electron chi connectivity index (χ0n) is 12.2. The molecule has 3 nitrogen and oxygen atoms in total. The van der Waals surface area contributed by atoms with E-state index in [1.165, 1.54) is 17.7 Å². The molecular weight excluding hydrogens is 222 g/mol. The van der Waals surface area contributed by atoms with Gasteiger partial charge in [0, 0.05) is 24.8 Å². The van der Waals surface area contributed by atoms with Crippen molar-refractivity contribution in [2.24, 2.45) is 5.73 Å². The van der Waals surface area contributed by atoms with Crippen molar-refractivity contribution in [2.45, 2.75) is 26.3 Å². The predicted molar refractivity (Wildman–Crippen MR) is 80.1 cm³/mol. The number of nitrogens with two attached hydrogens (primary N) is 1. The molecule has 1 aromatic rings. The monoisotopic (exact) mass is 249 g/mol. The van der Waals surface area contributed by atoms with Crippen LogP contribution in [0.3, 0.4) is 0 Å². The fourth-order valence-corrected chi connectivity index (χ4v) is 2.04. The molecule has 0 saturated carbocycles. The van der Waals surface area contributed by atoms with Gasteiger partial charge in [-0.1, -0.05) is 12.1 Å². The topological polar surface area (TPSA) is 32.5 Å². The average Bonchev–Trinajstić information content (AvgIpc) is 2.34. The highest BCUT2D eigenvalue weighted by Gasteiger charge is 2.05. The summed E-state index contributed by atoms with van der Waals surface area (Å²) in [5.74, 6) is 0. The van der Waals surface area contributed by atoms with Crippen molar-refractivity contribution < 1.29 is 0 Å². The van der Waals surface area contributed by atoms with Crippen LogP contribution in [-0.2, 0) is 0 Å². The third-order valence-corrected chi connectivity index (χ3v) is 3.20. The minimum absolute atomic E-state index is 0.114. The van der Waals surface area contributed by atoms with Crippen molar-refractivity contribution in [3.63, 3.8) is 0 Å². The Balaban J connectivity index is 2.58. The molecule has 0 spiro atoms. The molecule has 0 fully saturated rings. The second-order valence-electron chi connectivity index (χ2n) is 5.12. The summed E-state index contributed by atoms with van der Waals surface area (Å²) in [7, 11) is 4.24. The van der Waals surface area contributed by atoms with Crippen LogP contribution in [-0.4, -0.2) is 38.6 Å². The van der Waals surface area contributed by atoms with E-state index in [9.17, 15) is 0 Å². The van der Waals surface area contributed by atoms with E-state index in [1.807, 2.05) is 6.92 Å². The van der Waals surface area contributed by atoms with Crippen molar-refractivity contribution >= 4 is 5.69 Å². The lowest BCUT2D eigenvalue weighted by molar-refractivity contribution is 0.400. The van der Waals surface area contributed by atoms with Gasteiger partial charge in [-0.15, -0.1) is 0 Å². The van der Waals surface area contributed by atoms with Crippen LogP contribution in [0.1, 0.15) is 31.9 Å². The molecule has 0 saturated heterocycles. The summed E-state index contributed by atoms with van der Waals surface area (Å²) >= 11 is 0. The summed E-state index contributed by atoms with van der Waals surface area (Å²) in [5, 5.41) is 0. The molecule has 0 heterocycles. The maximum atomic E-state index is 5.87.